The Labute approximate surface area is 136 Å². The molecule has 2 amide bonds. The molecule has 1 aromatic rings. The van der Waals surface area contributed by atoms with Crippen LogP contribution in [0.25, 0.3) is 0 Å². The largest absolute Gasteiger partial charge is 0.346 e. The molecule has 1 aliphatic carbocycles. The lowest BCUT2D eigenvalue weighted by molar-refractivity contribution is -0.123. The molecule has 0 aliphatic heterocycles. The van der Waals surface area contributed by atoms with Gasteiger partial charge in [-0.15, -0.1) is 24.8 Å². The van der Waals surface area contributed by atoms with E-state index in [0.717, 1.165) is 12.5 Å². The molecule has 1 fully saturated rings. The highest BCUT2D eigenvalue weighted by molar-refractivity contribution is 5.94. The highest BCUT2D eigenvalue weighted by Gasteiger charge is 2.20. The minimum Gasteiger partial charge on any atom is -0.346 e. The predicted octanol–water partition coefficient (Wildman–Crippen LogP) is 0.979. The van der Waals surface area contributed by atoms with Crippen molar-refractivity contribution in [3.8, 4) is 0 Å². The molecule has 0 radical (unpaired) electrons. The van der Waals surface area contributed by atoms with Crippen LogP contribution < -0.4 is 16.0 Å². The fourth-order valence-corrected chi connectivity index (χ4v) is 1.60. The van der Waals surface area contributed by atoms with Crippen LogP contribution in [0.3, 0.4) is 0 Å². The first-order valence-electron chi connectivity index (χ1n) is 6.41. The number of rotatable bonds is 7. The first-order valence-corrected chi connectivity index (χ1v) is 6.41. The van der Waals surface area contributed by atoms with Gasteiger partial charge in [0.1, 0.15) is 0 Å². The molecule has 1 aromatic heterocycles. The van der Waals surface area contributed by atoms with Gasteiger partial charge in [0.2, 0.25) is 11.8 Å². The summed E-state index contributed by atoms with van der Waals surface area (Å²) in [5, 5.41) is 8.27. The third-order valence-electron chi connectivity index (χ3n) is 2.81. The van der Waals surface area contributed by atoms with Gasteiger partial charge in [-0.1, -0.05) is 0 Å². The van der Waals surface area contributed by atoms with Gasteiger partial charge < -0.3 is 16.0 Å². The quantitative estimate of drug-likeness (QED) is 0.694. The third-order valence-corrected chi connectivity index (χ3v) is 2.81. The zero-order valence-corrected chi connectivity index (χ0v) is 13.1. The van der Waals surface area contributed by atoms with E-state index in [2.05, 4.69) is 20.9 Å². The summed E-state index contributed by atoms with van der Waals surface area (Å²) < 4.78 is 0. The summed E-state index contributed by atoms with van der Waals surface area (Å²) in [6.07, 6.45) is 5.68. The van der Waals surface area contributed by atoms with Crippen molar-refractivity contribution in [1.29, 1.82) is 0 Å². The molecule has 0 unspecified atom stereocenters. The third kappa shape index (κ3) is 8.49. The van der Waals surface area contributed by atoms with E-state index in [-0.39, 0.29) is 49.7 Å². The van der Waals surface area contributed by atoms with E-state index in [1.165, 1.54) is 12.8 Å². The molecular weight excluding hydrogens is 315 g/mol. The monoisotopic (exact) mass is 334 g/mol. The van der Waals surface area contributed by atoms with Crippen LogP contribution in [0.5, 0.6) is 0 Å². The zero-order valence-electron chi connectivity index (χ0n) is 11.5. The smallest absolute Gasteiger partial charge is 0.243 e. The summed E-state index contributed by atoms with van der Waals surface area (Å²) >= 11 is 0. The number of halogens is 2. The highest BCUT2D eigenvalue weighted by atomic mass is 35.5. The lowest BCUT2D eigenvalue weighted by atomic mass is 10.4. The molecule has 8 heteroatoms. The molecule has 21 heavy (non-hydrogen) atoms. The minimum atomic E-state index is -0.261. The molecule has 6 nitrogen and oxygen atoms in total. The first-order chi connectivity index (χ1) is 9.24. The van der Waals surface area contributed by atoms with Crippen LogP contribution in [-0.4, -0.2) is 36.4 Å². The van der Waals surface area contributed by atoms with Crippen LogP contribution in [0, 0.1) is 5.92 Å². The molecule has 3 N–H and O–H groups in total. The Kier molecular flexibility index (Phi) is 9.69. The van der Waals surface area contributed by atoms with Gasteiger partial charge in [-0.05, 0) is 37.4 Å². The van der Waals surface area contributed by atoms with Gasteiger partial charge in [0.15, 0.2) is 0 Å². The normalized spacial score (nSPS) is 12.6. The molecule has 0 bridgehead atoms. The Morgan fingerprint density at radius 1 is 1.19 bits per heavy atom. The number of pyridine rings is 1. The van der Waals surface area contributed by atoms with E-state index in [9.17, 15) is 9.59 Å². The summed E-state index contributed by atoms with van der Waals surface area (Å²) in [7, 11) is 0. The van der Waals surface area contributed by atoms with E-state index in [4.69, 9.17) is 0 Å². The molecular formula is C13H20Cl2N4O2. The molecule has 1 heterocycles. The van der Waals surface area contributed by atoms with Crippen molar-refractivity contribution in [3.05, 3.63) is 24.5 Å². The second kappa shape index (κ2) is 10.4. The Bertz CT molecular complexity index is 441. The van der Waals surface area contributed by atoms with Gasteiger partial charge in [-0.2, -0.15) is 0 Å². The van der Waals surface area contributed by atoms with Crippen LogP contribution in [0.15, 0.2) is 24.5 Å². The van der Waals surface area contributed by atoms with E-state index in [1.807, 2.05) is 0 Å². The molecule has 0 atom stereocenters. The topological polar surface area (TPSA) is 83.1 Å². The Morgan fingerprint density at radius 3 is 2.57 bits per heavy atom. The number of nitrogens with zero attached hydrogens (tertiary/aromatic N) is 1. The number of hydrogen-bond donors (Lipinski definition) is 3. The van der Waals surface area contributed by atoms with Crippen LogP contribution in [-0.2, 0) is 9.59 Å². The highest BCUT2D eigenvalue weighted by Crippen LogP contribution is 2.27. The molecule has 0 saturated heterocycles. The Hall–Kier alpha value is -1.37. The van der Waals surface area contributed by atoms with Crippen molar-refractivity contribution >= 4 is 42.3 Å². The fraction of sp³-hybridized carbons (Fsp3) is 0.462. The van der Waals surface area contributed by atoms with E-state index < -0.39 is 0 Å². The number of anilines is 1. The van der Waals surface area contributed by atoms with E-state index in [1.54, 1.807) is 24.5 Å². The fourth-order valence-electron chi connectivity index (χ4n) is 1.60. The average Bonchev–Trinajstić information content (AvgIpc) is 3.22. The number of hydrogen-bond acceptors (Lipinski definition) is 4. The van der Waals surface area contributed by atoms with Crippen LogP contribution in [0.1, 0.15) is 12.8 Å². The maximum absolute atomic E-state index is 11.5. The Morgan fingerprint density at radius 2 is 1.95 bits per heavy atom. The van der Waals surface area contributed by atoms with Gasteiger partial charge in [0, 0.05) is 6.20 Å². The second-order valence-electron chi connectivity index (χ2n) is 4.64. The van der Waals surface area contributed by atoms with Crippen molar-refractivity contribution < 1.29 is 9.59 Å². The van der Waals surface area contributed by atoms with Gasteiger partial charge in [0.25, 0.3) is 0 Å². The average molecular weight is 335 g/mol. The van der Waals surface area contributed by atoms with Gasteiger partial charge in [0.05, 0.1) is 25.0 Å². The molecule has 118 valence electrons. The van der Waals surface area contributed by atoms with Crippen molar-refractivity contribution in [2.24, 2.45) is 5.92 Å². The Balaban J connectivity index is 0.00000200. The number of nitrogens with one attached hydrogen (secondary N) is 3. The lowest BCUT2D eigenvalue weighted by Gasteiger charge is -2.07. The van der Waals surface area contributed by atoms with Gasteiger partial charge >= 0.3 is 0 Å². The number of aromatic nitrogens is 1. The second-order valence-corrected chi connectivity index (χ2v) is 4.64. The number of amides is 2. The van der Waals surface area contributed by atoms with Crippen molar-refractivity contribution in [3.63, 3.8) is 0 Å². The standard InChI is InChI=1S/C13H18N4O2.2ClH/c18-12(8-15-6-10-3-4-10)16-9-13(19)17-11-2-1-5-14-7-11;;/h1-2,5,7,10,15H,3-4,6,8-9H2,(H,16,18)(H,17,19);2*1H. The van der Waals surface area contributed by atoms with Crippen LogP contribution in [0.4, 0.5) is 5.69 Å². The maximum Gasteiger partial charge on any atom is 0.243 e. The summed E-state index contributed by atoms with van der Waals surface area (Å²) in [5.74, 6) is 0.312. The van der Waals surface area contributed by atoms with E-state index >= 15 is 0 Å². The molecule has 1 aliphatic rings. The summed E-state index contributed by atoms with van der Waals surface area (Å²) in [5.41, 5.74) is 0.619. The van der Waals surface area contributed by atoms with Crippen molar-refractivity contribution in [2.75, 3.05) is 25.0 Å². The van der Waals surface area contributed by atoms with Crippen molar-refractivity contribution in [2.45, 2.75) is 12.8 Å². The van der Waals surface area contributed by atoms with Crippen molar-refractivity contribution in [1.82, 2.24) is 15.6 Å². The summed E-state index contributed by atoms with van der Waals surface area (Å²) in [4.78, 5) is 26.9. The van der Waals surface area contributed by atoms with Crippen LogP contribution in [0.2, 0.25) is 0 Å². The summed E-state index contributed by atoms with van der Waals surface area (Å²) in [6, 6.07) is 3.47. The first kappa shape index (κ1) is 19.6. The SMILES string of the molecule is Cl.Cl.O=C(CNCC1CC1)NCC(=O)Nc1cccnc1. The van der Waals surface area contributed by atoms with E-state index in [0.29, 0.717) is 5.69 Å². The van der Waals surface area contributed by atoms with Gasteiger partial charge in [-0.3, -0.25) is 14.6 Å². The maximum atomic E-state index is 11.5. The van der Waals surface area contributed by atoms with Crippen LogP contribution >= 0.6 is 24.8 Å². The minimum absolute atomic E-state index is 0. The molecule has 0 spiro atoms. The molecule has 2 rings (SSSR count). The predicted molar refractivity (Wildman–Crippen MR) is 86.0 cm³/mol. The number of carbonyl (C=O) groups excluding carboxylic acids is 2. The molecule has 0 aromatic carbocycles. The lowest BCUT2D eigenvalue weighted by Crippen LogP contribution is -2.38. The van der Waals surface area contributed by atoms with Gasteiger partial charge in [-0.25, -0.2) is 0 Å². The zero-order chi connectivity index (χ0) is 13.5. The number of carbonyl (C=O) groups is 2. The molecule has 1 saturated carbocycles. The summed E-state index contributed by atoms with van der Waals surface area (Å²) in [6.45, 7) is 1.12.